The van der Waals surface area contributed by atoms with E-state index in [1.54, 1.807) is 6.07 Å². The monoisotopic (exact) mass is 503 g/mol. The summed E-state index contributed by atoms with van der Waals surface area (Å²) in [6, 6.07) is 8.78. The van der Waals surface area contributed by atoms with Gasteiger partial charge in [-0.1, -0.05) is 64.6 Å². The molecule has 1 heterocycles. The molecule has 1 N–H and O–H groups in total. The van der Waals surface area contributed by atoms with Gasteiger partial charge in [-0.15, -0.1) is 5.10 Å². The van der Waals surface area contributed by atoms with Crippen LogP contribution in [0.4, 0.5) is 13.2 Å². The first-order chi connectivity index (χ1) is 13.4. The van der Waals surface area contributed by atoms with Crippen LogP contribution in [0.5, 0.6) is 0 Å². The number of hydrogen-bond acceptors (Lipinski definition) is 3. The third-order valence-electron chi connectivity index (χ3n) is 3.64. The summed E-state index contributed by atoms with van der Waals surface area (Å²) in [7, 11) is -4.27. The third kappa shape index (κ3) is 4.44. The highest BCUT2D eigenvalue weighted by Gasteiger charge is 2.36. The van der Waals surface area contributed by atoms with E-state index in [9.17, 15) is 21.6 Å². The highest BCUT2D eigenvalue weighted by Crippen LogP contribution is 2.43. The smallest absolute Gasteiger partial charge is 0.200 e. The summed E-state index contributed by atoms with van der Waals surface area (Å²) in [5.74, 6) is 0. The quantitative estimate of drug-likeness (QED) is 0.344. The van der Waals surface area contributed by atoms with Gasteiger partial charge < -0.3 is 0 Å². The molecule has 0 bridgehead atoms. The van der Waals surface area contributed by atoms with Crippen LogP contribution in [-0.2, 0) is 16.2 Å². The van der Waals surface area contributed by atoms with Gasteiger partial charge >= 0.3 is 6.18 Å². The van der Waals surface area contributed by atoms with Crippen LogP contribution in [0, 0.1) is 0 Å². The number of alkyl halides is 3. The fourth-order valence-corrected chi connectivity index (χ4v) is 4.19. The predicted molar refractivity (Wildman–Crippen MR) is 106 cm³/mol. The van der Waals surface area contributed by atoms with E-state index in [0.29, 0.717) is 10.9 Å². The van der Waals surface area contributed by atoms with Crippen LogP contribution >= 0.6 is 46.4 Å². The topological polar surface area (TPSA) is 64.0 Å². The molecular weight excluding hydrogens is 497 g/mol. The van der Waals surface area contributed by atoms with Crippen molar-refractivity contribution in [1.82, 2.24) is 9.89 Å². The van der Waals surface area contributed by atoms with Gasteiger partial charge in [-0.25, -0.2) is 0 Å². The van der Waals surface area contributed by atoms with Crippen LogP contribution in [0.25, 0.3) is 11.3 Å². The lowest BCUT2D eigenvalue weighted by Crippen LogP contribution is -2.25. The second kappa shape index (κ2) is 7.88. The number of nitrogens with zero attached hydrogens (tertiary/aromatic N) is 2. The van der Waals surface area contributed by atoms with Crippen molar-refractivity contribution in [3.05, 3.63) is 68.2 Å². The fraction of sp³-hybridized carbons (Fsp3) is 0.0625. The first-order valence-electron chi connectivity index (χ1n) is 7.50. The molecule has 13 heteroatoms. The van der Waals surface area contributed by atoms with E-state index in [1.165, 1.54) is 24.3 Å². The maximum atomic E-state index is 13.2. The van der Waals surface area contributed by atoms with Crippen molar-refractivity contribution in [2.75, 3.05) is 4.83 Å². The molecule has 0 fully saturated rings. The van der Waals surface area contributed by atoms with Crippen molar-refractivity contribution >= 4 is 56.4 Å². The van der Waals surface area contributed by atoms with Crippen LogP contribution in [0.1, 0.15) is 5.69 Å². The van der Waals surface area contributed by atoms with Gasteiger partial charge in [0.15, 0.2) is 5.69 Å². The second-order valence-corrected chi connectivity index (χ2v) is 8.78. The van der Waals surface area contributed by atoms with Gasteiger partial charge in [-0.05, 0) is 24.3 Å². The van der Waals surface area contributed by atoms with E-state index in [4.69, 9.17) is 46.4 Å². The molecule has 0 saturated heterocycles. The van der Waals surface area contributed by atoms with E-state index in [-0.39, 0.29) is 36.2 Å². The van der Waals surface area contributed by atoms with Crippen molar-refractivity contribution in [2.24, 2.45) is 0 Å². The SMILES string of the molecule is O=S(=O)(Nn1nc(C(F)(F)F)cc1-c1cc(Cl)c(Cl)c(Cl)c1Cl)c1ccccc1. The van der Waals surface area contributed by atoms with Crippen molar-refractivity contribution in [1.29, 1.82) is 0 Å². The highest BCUT2D eigenvalue weighted by atomic mass is 35.5. The predicted octanol–water partition coefficient (Wildman–Crippen LogP) is 6.11. The Labute approximate surface area is 183 Å². The number of halogens is 7. The number of aromatic nitrogens is 2. The Bertz CT molecular complexity index is 1180. The Morgan fingerprint density at radius 3 is 2.14 bits per heavy atom. The maximum absolute atomic E-state index is 13.2. The Kier molecular flexibility index (Phi) is 5.99. The Hall–Kier alpha value is -1.65. The van der Waals surface area contributed by atoms with Crippen LogP contribution < -0.4 is 4.83 Å². The number of benzene rings is 2. The minimum absolute atomic E-state index is 0.0942. The van der Waals surface area contributed by atoms with Crippen molar-refractivity contribution < 1.29 is 21.6 Å². The maximum Gasteiger partial charge on any atom is 0.435 e. The molecule has 3 aromatic rings. The third-order valence-corrected chi connectivity index (χ3v) is 6.70. The molecule has 3 rings (SSSR count). The molecule has 0 aliphatic heterocycles. The van der Waals surface area contributed by atoms with E-state index in [2.05, 4.69) is 5.10 Å². The van der Waals surface area contributed by atoms with Crippen LogP contribution in [-0.4, -0.2) is 18.3 Å². The molecule has 0 aliphatic rings. The summed E-state index contributed by atoms with van der Waals surface area (Å²) >= 11 is 23.9. The van der Waals surface area contributed by atoms with Gasteiger partial charge in [0, 0.05) is 5.56 Å². The summed E-state index contributed by atoms with van der Waals surface area (Å²) in [4.78, 5) is 2.23. The number of hydrogen-bond donors (Lipinski definition) is 1. The average molecular weight is 505 g/mol. The lowest BCUT2D eigenvalue weighted by Gasteiger charge is -2.13. The number of sulfonamides is 1. The van der Waals surface area contributed by atoms with Crippen molar-refractivity contribution in [3.8, 4) is 11.3 Å². The van der Waals surface area contributed by atoms with Crippen molar-refractivity contribution in [2.45, 2.75) is 11.1 Å². The van der Waals surface area contributed by atoms with E-state index in [1.807, 2.05) is 4.83 Å². The van der Waals surface area contributed by atoms with Crippen LogP contribution in [0.15, 0.2) is 47.4 Å². The molecule has 0 unspecified atom stereocenters. The minimum atomic E-state index is -4.86. The summed E-state index contributed by atoms with van der Waals surface area (Å²) in [5.41, 5.74) is -1.81. The average Bonchev–Trinajstić information content (AvgIpc) is 3.07. The molecule has 29 heavy (non-hydrogen) atoms. The minimum Gasteiger partial charge on any atom is -0.200 e. The Morgan fingerprint density at radius 2 is 1.55 bits per heavy atom. The molecule has 0 spiro atoms. The van der Waals surface area contributed by atoms with E-state index in [0.717, 1.165) is 6.07 Å². The molecule has 154 valence electrons. The lowest BCUT2D eigenvalue weighted by atomic mass is 10.1. The zero-order valence-corrected chi connectivity index (χ0v) is 17.6. The molecule has 1 aromatic heterocycles. The Morgan fingerprint density at radius 1 is 0.931 bits per heavy atom. The summed E-state index contributed by atoms with van der Waals surface area (Å²) in [6.07, 6.45) is -4.86. The standard InChI is InChI=1S/C16H8Cl4F3N3O2S/c17-10-6-9(13(18)15(20)14(10)19)11-7-12(16(21,22)23)24-26(11)25-29(27,28)8-4-2-1-3-5-8/h1-7,25H. The molecule has 0 atom stereocenters. The molecule has 0 saturated carbocycles. The summed E-state index contributed by atoms with van der Waals surface area (Å²) < 4.78 is 64.8. The van der Waals surface area contributed by atoms with Gasteiger partial charge in [0.1, 0.15) is 0 Å². The summed E-state index contributed by atoms with van der Waals surface area (Å²) in [6.45, 7) is 0. The first-order valence-corrected chi connectivity index (χ1v) is 10.5. The van der Waals surface area contributed by atoms with Gasteiger partial charge in [-0.2, -0.15) is 31.2 Å². The molecule has 5 nitrogen and oxygen atoms in total. The molecule has 2 aromatic carbocycles. The Balaban J connectivity index is 2.20. The number of rotatable bonds is 4. The second-order valence-electron chi connectivity index (χ2n) is 5.58. The lowest BCUT2D eigenvalue weighted by molar-refractivity contribution is -0.141. The molecule has 0 aliphatic carbocycles. The van der Waals surface area contributed by atoms with Crippen molar-refractivity contribution in [3.63, 3.8) is 0 Å². The summed E-state index contributed by atoms with van der Waals surface area (Å²) in [5, 5.41) is 2.69. The largest absolute Gasteiger partial charge is 0.435 e. The van der Waals surface area contributed by atoms with Crippen LogP contribution in [0.2, 0.25) is 20.1 Å². The highest BCUT2D eigenvalue weighted by molar-refractivity contribution is 7.92. The fourth-order valence-electron chi connectivity index (χ4n) is 2.31. The normalized spacial score (nSPS) is 12.2. The number of nitrogens with one attached hydrogen (secondary N) is 1. The first kappa shape index (κ1) is 22.0. The van der Waals surface area contributed by atoms with Gasteiger partial charge in [-0.3, -0.25) is 0 Å². The van der Waals surface area contributed by atoms with E-state index >= 15 is 0 Å². The van der Waals surface area contributed by atoms with Gasteiger partial charge in [0.2, 0.25) is 0 Å². The molecule has 0 radical (unpaired) electrons. The molecular formula is C16H8Cl4F3N3O2S. The zero-order chi connectivity index (χ0) is 21.6. The van der Waals surface area contributed by atoms with Gasteiger partial charge in [0.25, 0.3) is 10.0 Å². The zero-order valence-electron chi connectivity index (χ0n) is 13.8. The molecule has 0 amide bonds. The van der Waals surface area contributed by atoms with Gasteiger partial charge in [0.05, 0.1) is 30.7 Å². The van der Waals surface area contributed by atoms with Crippen LogP contribution in [0.3, 0.4) is 0 Å². The van der Waals surface area contributed by atoms with E-state index < -0.39 is 21.9 Å².